The molecule has 0 unspecified atom stereocenters. The van der Waals surface area contributed by atoms with Crippen molar-refractivity contribution in [1.82, 2.24) is 9.71 Å². The molecule has 1 saturated carbocycles. The maximum absolute atomic E-state index is 14.3. The summed E-state index contributed by atoms with van der Waals surface area (Å²) in [6, 6.07) is 14.3. The lowest BCUT2D eigenvalue weighted by Crippen LogP contribution is -2.29. The van der Waals surface area contributed by atoms with Gasteiger partial charge in [-0.2, -0.15) is 0 Å². The molecule has 0 atom stereocenters. The zero-order chi connectivity index (χ0) is 23.4. The molecule has 1 N–H and O–H groups in total. The SMILES string of the molecule is CS(=O)(=O)NC(=O)c1ccc(COc2cc(F)cc(-c3ccnc(OCC4CC4)c3)c2)cc1. The van der Waals surface area contributed by atoms with Crippen molar-refractivity contribution in [2.45, 2.75) is 19.4 Å². The van der Waals surface area contributed by atoms with Gasteiger partial charge in [0.1, 0.15) is 18.2 Å². The highest BCUT2D eigenvalue weighted by molar-refractivity contribution is 7.89. The fourth-order valence-corrected chi connectivity index (χ4v) is 3.57. The van der Waals surface area contributed by atoms with Crippen molar-refractivity contribution < 1.29 is 27.1 Å². The first-order valence-corrected chi connectivity index (χ1v) is 12.3. The van der Waals surface area contributed by atoms with Gasteiger partial charge in [-0.05, 0) is 65.8 Å². The fourth-order valence-electron chi connectivity index (χ4n) is 3.11. The molecule has 0 aliphatic heterocycles. The van der Waals surface area contributed by atoms with Crippen molar-refractivity contribution >= 4 is 15.9 Å². The van der Waals surface area contributed by atoms with E-state index in [1.165, 1.54) is 37.1 Å². The van der Waals surface area contributed by atoms with Crippen LogP contribution in [0.2, 0.25) is 0 Å². The normalized spacial score (nSPS) is 13.4. The lowest BCUT2D eigenvalue weighted by atomic mass is 10.1. The molecule has 172 valence electrons. The lowest BCUT2D eigenvalue weighted by molar-refractivity contribution is 0.0981. The summed E-state index contributed by atoms with van der Waals surface area (Å²) in [5, 5.41) is 0. The Morgan fingerprint density at radius 3 is 2.52 bits per heavy atom. The molecule has 1 fully saturated rings. The summed E-state index contributed by atoms with van der Waals surface area (Å²) in [5.74, 6) is 0.310. The standard InChI is InChI=1S/C24H23FN2O5S/c1-33(29,30)27-24(28)18-6-4-17(5-7-18)14-31-22-11-20(10-21(25)13-22)19-8-9-26-23(12-19)32-15-16-2-3-16/h4-13,16H,2-3,14-15H2,1H3,(H,27,28). The molecule has 0 saturated heterocycles. The predicted molar refractivity (Wildman–Crippen MR) is 121 cm³/mol. The van der Waals surface area contributed by atoms with E-state index in [9.17, 15) is 17.6 Å². The van der Waals surface area contributed by atoms with Crippen LogP contribution in [0, 0.1) is 11.7 Å². The second-order valence-electron chi connectivity index (χ2n) is 8.00. The van der Waals surface area contributed by atoms with Crippen LogP contribution in [0.25, 0.3) is 11.1 Å². The topological polar surface area (TPSA) is 94.6 Å². The van der Waals surface area contributed by atoms with E-state index in [1.807, 2.05) is 4.72 Å². The van der Waals surface area contributed by atoms with Crippen molar-refractivity contribution in [3.8, 4) is 22.8 Å². The third-order valence-electron chi connectivity index (χ3n) is 5.00. The number of aromatic nitrogens is 1. The molecule has 9 heteroatoms. The van der Waals surface area contributed by atoms with Crippen LogP contribution in [0.4, 0.5) is 4.39 Å². The number of carbonyl (C=O) groups excluding carboxylic acids is 1. The first-order chi connectivity index (χ1) is 15.7. The number of nitrogens with zero attached hydrogens (tertiary/aromatic N) is 1. The molecule has 1 aliphatic rings. The highest BCUT2D eigenvalue weighted by Gasteiger charge is 2.22. The van der Waals surface area contributed by atoms with Gasteiger partial charge in [0.2, 0.25) is 15.9 Å². The van der Waals surface area contributed by atoms with Gasteiger partial charge in [0, 0.05) is 23.9 Å². The number of halogens is 1. The van der Waals surface area contributed by atoms with Crippen LogP contribution in [0.3, 0.4) is 0 Å². The molecule has 0 radical (unpaired) electrons. The molecule has 1 aliphatic carbocycles. The van der Waals surface area contributed by atoms with Gasteiger partial charge in [-0.25, -0.2) is 22.5 Å². The van der Waals surface area contributed by atoms with Crippen LogP contribution in [-0.2, 0) is 16.6 Å². The third-order valence-corrected chi connectivity index (χ3v) is 5.56. The monoisotopic (exact) mass is 470 g/mol. The average molecular weight is 471 g/mol. The zero-order valence-electron chi connectivity index (χ0n) is 18.0. The molecule has 0 spiro atoms. The number of sulfonamides is 1. The van der Waals surface area contributed by atoms with E-state index in [0.29, 0.717) is 29.7 Å². The van der Waals surface area contributed by atoms with Gasteiger partial charge < -0.3 is 9.47 Å². The number of carbonyl (C=O) groups is 1. The number of pyridine rings is 1. The summed E-state index contributed by atoms with van der Waals surface area (Å²) in [6.07, 6.45) is 4.90. The minimum absolute atomic E-state index is 0.142. The molecule has 1 amide bonds. The van der Waals surface area contributed by atoms with E-state index < -0.39 is 21.7 Å². The van der Waals surface area contributed by atoms with Crippen LogP contribution in [0.15, 0.2) is 60.8 Å². The summed E-state index contributed by atoms with van der Waals surface area (Å²) < 4.78 is 50.0. The first kappa shape index (κ1) is 22.7. The quantitative estimate of drug-likeness (QED) is 0.509. The number of ether oxygens (including phenoxy) is 2. The highest BCUT2D eigenvalue weighted by Crippen LogP contribution is 2.31. The summed E-state index contributed by atoms with van der Waals surface area (Å²) in [4.78, 5) is 16.1. The van der Waals surface area contributed by atoms with Gasteiger partial charge in [-0.3, -0.25) is 4.79 Å². The Balaban J connectivity index is 1.42. The number of amides is 1. The molecule has 4 rings (SSSR count). The van der Waals surface area contributed by atoms with Crippen LogP contribution >= 0.6 is 0 Å². The van der Waals surface area contributed by atoms with E-state index in [-0.39, 0.29) is 12.2 Å². The van der Waals surface area contributed by atoms with Gasteiger partial charge >= 0.3 is 0 Å². The van der Waals surface area contributed by atoms with Crippen molar-refractivity contribution in [2.75, 3.05) is 12.9 Å². The Kier molecular flexibility index (Phi) is 6.60. The van der Waals surface area contributed by atoms with Crippen molar-refractivity contribution in [3.05, 3.63) is 77.7 Å². The summed E-state index contributed by atoms with van der Waals surface area (Å²) in [5.41, 5.74) is 2.34. The number of hydrogen-bond acceptors (Lipinski definition) is 6. The number of benzene rings is 2. The highest BCUT2D eigenvalue weighted by atomic mass is 32.2. The summed E-state index contributed by atoms with van der Waals surface area (Å²) >= 11 is 0. The van der Waals surface area contributed by atoms with Crippen molar-refractivity contribution in [2.24, 2.45) is 5.92 Å². The molecule has 2 aromatic carbocycles. The van der Waals surface area contributed by atoms with Crippen LogP contribution in [-0.4, -0.2) is 32.2 Å². The Morgan fingerprint density at radius 1 is 1.06 bits per heavy atom. The minimum atomic E-state index is -3.64. The van der Waals surface area contributed by atoms with Gasteiger partial charge in [-0.15, -0.1) is 0 Å². The average Bonchev–Trinajstić information content (AvgIpc) is 3.60. The molecular weight excluding hydrogens is 447 g/mol. The summed E-state index contributed by atoms with van der Waals surface area (Å²) in [6.45, 7) is 0.783. The van der Waals surface area contributed by atoms with Crippen LogP contribution < -0.4 is 14.2 Å². The fraction of sp³-hybridized carbons (Fsp3) is 0.250. The van der Waals surface area contributed by atoms with E-state index in [0.717, 1.165) is 17.4 Å². The van der Waals surface area contributed by atoms with Gasteiger partial charge in [0.25, 0.3) is 5.91 Å². The largest absolute Gasteiger partial charge is 0.489 e. The maximum Gasteiger partial charge on any atom is 0.264 e. The second-order valence-corrected chi connectivity index (χ2v) is 9.75. The van der Waals surface area contributed by atoms with E-state index >= 15 is 0 Å². The molecule has 33 heavy (non-hydrogen) atoms. The van der Waals surface area contributed by atoms with E-state index in [1.54, 1.807) is 36.5 Å². The van der Waals surface area contributed by atoms with Gasteiger partial charge in [-0.1, -0.05) is 12.1 Å². The van der Waals surface area contributed by atoms with E-state index in [4.69, 9.17) is 9.47 Å². The maximum atomic E-state index is 14.3. The number of rotatable bonds is 9. The third kappa shape index (κ3) is 6.76. The Hall–Kier alpha value is -3.46. The first-order valence-electron chi connectivity index (χ1n) is 10.4. The van der Waals surface area contributed by atoms with Crippen LogP contribution in [0.5, 0.6) is 11.6 Å². The molecule has 3 aromatic rings. The summed E-state index contributed by atoms with van der Waals surface area (Å²) in [7, 11) is -3.64. The predicted octanol–water partition coefficient (Wildman–Crippen LogP) is 3.94. The Bertz CT molecular complexity index is 1260. The van der Waals surface area contributed by atoms with Gasteiger partial charge in [0.05, 0.1) is 12.9 Å². The molecule has 1 heterocycles. The molecule has 0 bridgehead atoms. The van der Waals surface area contributed by atoms with Gasteiger partial charge in [0.15, 0.2) is 0 Å². The minimum Gasteiger partial charge on any atom is -0.489 e. The molecule has 7 nitrogen and oxygen atoms in total. The van der Waals surface area contributed by atoms with E-state index in [2.05, 4.69) is 4.98 Å². The lowest BCUT2D eigenvalue weighted by Gasteiger charge is -2.11. The Morgan fingerprint density at radius 2 is 1.82 bits per heavy atom. The van der Waals surface area contributed by atoms with Crippen molar-refractivity contribution in [1.29, 1.82) is 0 Å². The second kappa shape index (κ2) is 9.58. The number of nitrogens with one attached hydrogen (secondary N) is 1. The number of hydrogen-bond donors (Lipinski definition) is 1. The van der Waals surface area contributed by atoms with Crippen molar-refractivity contribution in [3.63, 3.8) is 0 Å². The smallest absolute Gasteiger partial charge is 0.264 e. The zero-order valence-corrected chi connectivity index (χ0v) is 18.8. The van der Waals surface area contributed by atoms with Crippen LogP contribution in [0.1, 0.15) is 28.8 Å². The molecular formula is C24H23FN2O5S. The Labute approximate surface area is 191 Å². The molecule has 1 aromatic heterocycles.